The molecule has 0 bridgehead atoms. The predicted molar refractivity (Wildman–Crippen MR) is 91.8 cm³/mol. The fraction of sp³-hybridized carbons (Fsp3) is 0.333. The Bertz CT molecular complexity index is 877. The van der Waals surface area contributed by atoms with Gasteiger partial charge in [-0.25, -0.2) is 19.2 Å². The number of alkyl halides is 3. The van der Waals surface area contributed by atoms with Crippen LogP contribution in [0.15, 0.2) is 18.5 Å². The van der Waals surface area contributed by atoms with E-state index in [1.165, 1.54) is 26.1 Å². The second kappa shape index (κ2) is 7.21. The summed E-state index contributed by atoms with van der Waals surface area (Å²) in [4.78, 5) is 32.9. The first-order valence-electron chi connectivity index (χ1n) is 7.47. The minimum atomic E-state index is -4.59. The smallest absolute Gasteiger partial charge is 0.405 e. The highest BCUT2D eigenvalue weighted by molar-refractivity contribution is 5.88. The molecule has 2 rings (SSSR count). The molecule has 4 N–H and O–H groups in total. The van der Waals surface area contributed by atoms with Crippen LogP contribution in [0.5, 0.6) is 0 Å². The molecule has 0 aliphatic heterocycles. The van der Waals surface area contributed by atoms with E-state index in [0.717, 1.165) is 6.20 Å². The van der Waals surface area contributed by atoms with E-state index in [1.54, 1.807) is 5.32 Å². The van der Waals surface area contributed by atoms with Crippen molar-refractivity contribution in [1.29, 1.82) is 0 Å². The minimum Gasteiger partial charge on any atom is -0.477 e. The van der Waals surface area contributed by atoms with Gasteiger partial charge in [-0.2, -0.15) is 13.2 Å². The van der Waals surface area contributed by atoms with Crippen LogP contribution in [-0.2, 0) is 4.79 Å². The van der Waals surface area contributed by atoms with Crippen molar-refractivity contribution in [3.8, 4) is 11.4 Å². The lowest BCUT2D eigenvalue weighted by atomic mass is 10.0. The maximum absolute atomic E-state index is 14.0. The average molecular weight is 395 g/mol. The lowest BCUT2D eigenvalue weighted by Crippen LogP contribution is -2.50. The molecule has 0 unspecified atom stereocenters. The molecule has 2 heterocycles. The van der Waals surface area contributed by atoms with Gasteiger partial charge in [-0.3, -0.25) is 4.79 Å². The van der Waals surface area contributed by atoms with Crippen molar-refractivity contribution < 1.29 is 36.5 Å². The number of carboxylic acids is 1. The average Bonchev–Trinajstić information content (AvgIpc) is 3.04. The molecule has 152 valence electrons. The fourth-order valence-corrected chi connectivity index (χ4v) is 2.00. The monoisotopic (exact) mass is 395 g/mol. The van der Waals surface area contributed by atoms with Crippen molar-refractivity contribution in [2.24, 2.45) is 0 Å². The second-order valence-electron chi connectivity index (χ2n) is 6.05. The standard InChI is InChI=1S/C15H15F4N5O3.3H2/c1-14(2,13(27)22-6-15(17,18)19)24-11-8(16)5-21-10(23-11)7-3-9(12(25)26)20-4-7;;;/h3-5,20H,6H2,1-2H3,(H,22,27)(H,25,26)(H,21,23,24);3*1H. The van der Waals surface area contributed by atoms with Crippen LogP contribution in [0.3, 0.4) is 0 Å². The lowest BCUT2D eigenvalue weighted by Gasteiger charge is -2.26. The van der Waals surface area contributed by atoms with Crippen LogP contribution >= 0.6 is 0 Å². The van der Waals surface area contributed by atoms with Crippen LogP contribution in [0.25, 0.3) is 11.4 Å². The van der Waals surface area contributed by atoms with E-state index < -0.39 is 41.8 Å². The number of amides is 1. The predicted octanol–water partition coefficient (Wildman–Crippen LogP) is 2.92. The summed E-state index contributed by atoms with van der Waals surface area (Å²) in [5.41, 5.74) is -1.52. The summed E-state index contributed by atoms with van der Waals surface area (Å²) in [5, 5.41) is 13.0. The summed E-state index contributed by atoms with van der Waals surface area (Å²) in [5.74, 6) is -3.65. The summed E-state index contributed by atoms with van der Waals surface area (Å²) in [6.45, 7) is 0.966. The Morgan fingerprint density at radius 2 is 2.00 bits per heavy atom. The molecule has 2 aromatic heterocycles. The largest absolute Gasteiger partial charge is 0.477 e. The molecule has 0 aliphatic rings. The number of aromatic amines is 1. The van der Waals surface area contributed by atoms with Gasteiger partial charge in [-0.05, 0) is 19.9 Å². The Morgan fingerprint density at radius 3 is 2.56 bits per heavy atom. The molecule has 0 radical (unpaired) electrons. The van der Waals surface area contributed by atoms with Crippen LogP contribution in [0.2, 0.25) is 0 Å². The zero-order chi connectivity index (χ0) is 20.4. The number of carbonyl (C=O) groups is 2. The van der Waals surface area contributed by atoms with Gasteiger partial charge < -0.3 is 20.7 Å². The summed E-state index contributed by atoms with van der Waals surface area (Å²) in [6.07, 6.45) is -2.50. The van der Waals surface area contributed by atoms with E-state index in [1.807, 2.05) is 0 Å². The van der Waals surface area contributed by atoms with Crippen molar-refractivity contribution in [3.63, 3.8) is 0 Å². The molecule has 0 aliphatic carbocycles. The van der Waals surface area contributed by atoms with Crippen molar-refractivity contribution in [1.82, 2.24) is 20.3 Å². The Balaban J connectivity index is 0. The fourth-order valence-electron chi connectivity index (χ4n) is 2.00. The van der Waals surface area contributed by atoms with Gasteiger partial charge in [0.05, 0.1) is 6.20 Å². The molecular formula is C15H21F4N5O3. The number of hydrogen-bond donors (Lipinski definition) is 4. The number of nitrogens with zero attached hydrogens (tertiary/aromatic N) is 2. The molecule has 12 heteroatoms. The molecule has 0 spiro atoms. The highest BCUT2D eigenvalue weighted by atomic mass is 19.4. The number of halogens is 4. The molecule has 1 amide bonds. The molecule has 0 atom stereocenters. The zero-order valence-corrected chi connectivity index (χ0v) is 14.1. The van der Waals surface area contributed by atoms with Crippen LogP contribution in [0.4, 0.5) is 23.4 Å². The molecule has 0 saturated carbocycles. The van der Waals surface area contributed by atoms with Crippen LogP contribution in [0, 0.1) is 5.82 Å². The number of aromatic nitrogens is 3. The quantitative estimate of drug-likeness (QED) is 0.558. The van der Waals surface area contributed by atoms with Gasteiger partial charge >= 0.3 is 12.1 Å². The highest BCUT2D eigenvalue weighted by Gasteiger charge is 2.34. The second-order valence-corrected chi connectivity index (χ2v) is 6.05. The molecule has 2 aromatic rings. The number of hydrogen-bond acceptors (Lipinski definition) is 5. The Hall–Kier alpha value is -3.18. The molecule has 27 heavy (non-hydrogen) atoms. The van der Waals surface area contributed by atoms with Gasteiger partial charge in [0.25, 0.3) is 0 Å². The summed E-state index contributed by atoms with van der Waals surface area (Å²) >= 11 is 0. The highest BCUT2D eigenvalue weighted by Crippen LogP contribution is 2.22. The van der Waals surface area contributed by atoms with Gasteiger partial charge in [0.15, 0.2) is 17.5 Å². The molecule has 0 saturated heterocycles. The molecule has 0 aromatic carbocycles. The number of aromatic carboxylic acids is 1. The lowest BCUT2D eigenvalue weighted by molar-refractivity contribution is -0.140. The summed E-state index contributed by atoms with van der Waals surface area (Å²) in [7, 11) is 0. The third-order valence-electron chi connectivity index (χ3n) is 3.36. The number of H-pyrrole nitrogens is 1. The third-order valence-corrected chi connectivity index (χ3v) is 3.36. The number of carbonyl (C=O) groups excluding carboxylic acids is 1. The van der Waals surface area contributed by atoms with Crippen molar-refractivity contribution >= 4 is 17.7 Å². The summed E-state index contributed by atoms with van der Waals surface area (Å²) < 4.78 is 50.7. The van der Waals surface area contributed by atoms with Crippen molar-refractivity contribution in [2.75, 3.05) is 11.9 Å². The maximum Gasteiger partial charge on any atom is 0.405 e. The van der Waals surface area contributed by atoms with E-state index in [2.05, 4.69) is 20.3 Å². The van der Waals surface area contributed by atoms with E-state index in [-0.39, 0.29) is 21.4 Å². The van der Waals surface area contributed by atoms with Crippen LogP contribution in [0.1, 0.15) is 28.6 Å². The number of carboxylic acid groups (broad SMARTS) is 1. The maximum atomic E-state index is 14.0. The topological polar surface area (TPSA) is 120 Å². The Labute approximate surface area is 154 Å². The van der Waals surface area contributed by atoms with E-state index >= 15 is 0 Å². The van der Waals surface area contributed by atoms with Gasteiger partial charge in [0.2, 0.25) is 5.91 Å². The van der Waals surface area contributed by atoms with E-state index in [0.29, 0.717) is 0 Å². The first-order chi connectivity index (χ1) is 12.4. The van der Waals surface area contributed by atoms with Crippen LogP contribution < -0.4 is 10.6 Å². The van der Waals surface area contributed by atoms with Gasteiger partial charge in [0, 0.05) is 16.0 Å². The first kappa shape index (κ1) is 20.1. The van der Waals surface area contributed by atoms with E-state index in [9.17, 15) is 27.2 Å². The Kier molecular flexibility index (Phi) is 5.38. The number of nitrogens with one attached hydrogen (secondary N) is 3. The first-order valence-corrected chi connectivity index (χ1v) is 7.47. The van der Waals surface area contributed by atoms with Gasteiger partial charge in [0.1, 0.15) is 17.8 Å². The van der Waals surface area contributed by atoms with Crippen LogP contribution in [-0.4, -0.2) is 50.2 Å². The van der Waals surface area contributed by atoms with E-state index in [4.69, 9.17) is 5.11 Å². The zero-order valence-electron chi connectivity index (χ0n) is 14.1. The normalized spacial score (nSPS) is 11.9. The van der Waals surface area contributed by atoms with Gasteiger partial charge in [-0.15, -0.1) is 0 Å². The molecular weight excluding hydrogens is 374 g/mol. The van der Waals surface area contributed by atoms with Gasteiger partial charge in [-0.1, -0.05) is 0 Å². The van der Waals surface area contributed by atoms with Crippen molar-refractivity contribution in [2.45, 2.75) is 25.6 Å². The molecule has 8 nitrogen and oxygen atoms in total. The van der Waals surface area contributed by atoms with Crippen molar-refractivity contribution in [3.05, 3.63) is 30.0 Å². The number of rotatable bonds is 6. The molecule has 0 fully saturated rings. The third kappa shape index (κ3) is 5.15. The number of anilines is 1. The SMILES string of the molecule is CC(C)(Nc1nc(-c2c[nH]c(C(=O)O)c2)ncc1F)C(=O)NCC(F)(F)F.[HH].[HH].[HH]. The minimum absolute atomic E-state index is 0. The summed E-state index contributed by atoms with van der Waals surface area (Å²) in [6, 6.07) is 1.22. The Morgan fingerprint density at radius 1 is 1.33 bits per heavy atom.